The van der Waals surface area contributed by atoms with Gasteiger partial charge in [-0.2, -0.15) is 0 Å². The van der Waals surface area contributed by atoms with Crippen LogP contribution >= 0.6 is 0 Å². The molecule has 2 N–H and O–H groups in total. The van der Waals surface area contributed by atoms with Crippen molar-refractivity contribution in [1.29, 1.82) is 0 Å². The highest BCUT2D eigenvalue weighted by Gasteiger charge is 2.38. The number of nitrogens with one attached hydrogen (secondary N) is 2. The van der Waals surface area contributed by atoms with Crippen molar-refractivity contribution in [2.45, 2.75) is 26.6 Å². The number of anilines is 2. The van der Waals surface area contributed by atoms with Crippen LogP contribution in [0, 0.1) is 6.92 Å². The molecule has 8 nitrogen and oxygen atoms in total. The maximum atomic E-state index is 11.9. The lowest BCUT2D eigenvalue weighted by molar-refractivity contribution is -0.222. The smallest absolute Gasteiger partial charge is 0.350 e. The third kappa shape index (κ3) is 4.48. The second-order valence-electron chi connectivity index (χ2n) is 5.79. The topological polar surface area (TPSA) is 111 Å². The van der Waals surface area contributed by atoms with E-state index in [1.54, 1.807) is 19.1 Å². The molecule has 24 heavy (non-hydrogen) atoms. The van der Waals surface area contributed by atoms with Crippen molar-refractivity contribution in [3.8, 4) is 0 Å². The Morgan fingerprint density at radius 2 is 1.71 bits per heavy atom. The molecule has 1 saturated heterocycles. The third-order valence-corrected chi connectivity index (χ3v) is 3.64. The maximum absolute atomic E-state index is 11.9. The number of carbonyl (C=O) groups is 2. The van der Waals surface area contributed by atoms with E-state index in [1.807, 2.05) is 0 Å². The molecule has 0 spiro atoms. The Morgan fingerprint density at radius 3 is 2.25 bits per heavy atom. The van der Waals surface area contributed by atoms with Gasteiger partial charge in [0.25, 0.3) is 5.79 Å². The minimum absolute atomic E-state index is 0.282. The van der Waals surface area contributed by atoms with Crippen LogP contribution in [0.5, 0.6) is 0 Å². The molecule has 0 aliphatic carbocycles. The van der Waals surface area contributed by atoms with Gasteiger partial charge in [-0.1, -0.05) is 6.07 Å². The van der Waals surface area contributed by atoms with Crippen LogP contribution < -0.4 is 10.0 Å². The highest BCUT2D eigenvalue weighted by molar-refractivity contribution is 7.92. The molecule has 0 atom stereocenters. The summed E-state index contributed by atoms with van der Waals surface area (Å²) in [5.41, 5.74) is 1.36. The zero-order chi connectivity index (χ0) is 18.1. The van der Waals surface area contributed by atoms with Gasteiger partial charge in [-0.25, -0.2) is 18.0 Å². The normalized spacial score (nSPS) is 16.9. The van der Waals surface area contributed by atoms with Crippen LogP contribution in [0.1, 0.15) is 19.4 Å². The van der Waals surface area contributed by atoms with Crippen LogP contribution in [0.25, 0.3) is 0 Å². The second-order valence-corrected chi connectivity index (χ2v) is 7.53. The monoisotopic (exact) mass is 354 g/mol. The molecule has 0 saturated carbocycles. The molecule has 1 aromatic rings. The standard InChI is InChI=1S/C15H18N2O6S/c1-9-5-6-10(17-24(4,20)21)7-12(9)16-8-11-13(18)22-15(2,3)23-14(11)19/h5-8,16-17H,1-4H3. The minimum atomic E-state index is -3.41. The fraction of sp³-hybridized carbons (Fsp3) is 0.333. The van der Waals surface area contributed by atoms with E-state index in [9.17, 15) is 18.0 Å². The Kier molecular flexibility index (Phi) is 4.57. The second kappa shape index (κ2) is 6.16. The number of benzene rings is 1. The van der Waals surface area contributed by atoms with E-state index >= 15 is 0 Å². The molecule has 0 bridgehead atoms. The Morgan fingerprint density at radius 1 is 1.12 bits per heavy atom. The van der Waals surface area contributed by atoms with Crippen LogP contribution in [0.2, 0.25) is 0 Å². The van der Waals surface area contributed by atoms with Gasteiger partial charge in [0.2, 0.25) is 10.0 Å². The van der Waals surface area contributed by atoms with Crippen molar-refractivity contribution in [2.24, 2.45) is 0 Å². The van der Waals surface area contributed by atoms with E-state index in [2.05, 4.69) is 10.0 Å². The Labute approximate surface area is 139 Å². The average molecular weight is 354 g/mol. The predicted molar refractivity (Wildman–Crippen MR) is 87.6 cm³/mol. The van der Waals surface area contributed by atoms with Crippen molar-refractivity contribution in [3.63, 3.8) is 0 Å². The van der Waals surface area contributed by atoms with Gasteiger partial charge >= 0.3 is 11.9 Å². The highest BCUT2D eigenvalue weighted by Crippen LogP contribution is 2.24. The van der Waals surface area contributed by atoms with Crippen LogP contribution in [0.4, 0.5) is 11.4 Å². The first kappa shape index (κ1) is 17.8. The molecule has 0 aromatic heterocycles. The van der Waals surface area contributed by atoms with E-state index in [-0.39, 0.29) is 5.57 Å². The van der Waals surface area contributed by atoms with Gasteiger partial charge in [0.15, 0.2) is 5.57 Å². The van der Waals surface area contributed by atoms with Crippen LogP contribution in [-0.4, -0.2) is 32.4 Å². The van der Waals surface area contributed by atoms with Gasteiger partial charge < -0.3 is 14.8 Å². The molecular formula is C15H18N2O6S. The fourth-order valence-electron chi connectivity index (χ4n) is 1.98. The van der Waals surface area contributed by atoms with Crippen molar-refractivity contribution >= 4 is 33.3 Å². The summed E-state index contributed by atoms with van der Waals surface area (Å²) in [4.78, 5) is 23.7. The van der Waals surface area contributed by atoms with Crippen LogP contribution in [0.15, 0.2) is 30.0 Å². The van der Waals surface area contributed by atoms with Gasteiger partial charge in [0, 0.05) is 25.7 Å². The van der Waals surface area contributed by atoms with E-state index < -0.39 is 27.7 Å². The summed E-state index contributed by atoms with van der Waals surface area (Å²) in [6.45, 7) is 4.70. The number of aryl methyl sites for hydroxylation is 1. The zero-order valence-corrected chi connectivity index (χ0v) is 14.5. The number of rotatable bonds is 4. The van der Waals surface area contributed by atoms with Crippen molar-refractivity contribution < 1.29 is 27.5 Å². The molecule has 0 radical (unpaired) electrons. The first-order chi connectivity index (χ1) is 11.0. The van der Waals surface area contributed by atoms with Crippen molar-refractivity contribution in [2.75, 3.05) is 16.3 Å². The highest BCUT2D eigenvalue weighted by atomic mass is 32.2. The quantitative estimate of drug-likeness (QED) is 0.479. The molecule has 1 fully saturated rings. The Bertz CT molecular complexity index is 804. The molecule has 130 valence electrons. The van der Waals surface area contributed by atoms with Gasteiger partial charge in [-0.15, -0.1) is 0 Å². The number of cyclic esters (lactones) is 2. The lowest BCUT2D eigenvalue weighted by atomic mass is 10.1. The maximum Gasteiger partial charge on any atom is 0.350 e. The van der Waals surface area contributed by atoms with E-state index in [0.29, 0.717) is 11.4 Å². The number of esters is 2. The predicted octanol–water partition coefficient (Wildman–Crippen LogP) is 1.50. The zero-order valence-electron chi connectivity index (χ0n) is 13.7. The molecule has 0 amide bonds. The first-order valence-electron chi connectivity index (χ1n) is 6.99. The van der Waals surface area contributed by atoms with Crippen LogP contribution in [-0.2, 0) is 29.1 Å². The molecular weight excluding hydrogens is 336 g/mol. The van der Waals surface area contributed by atoms with E-state index in [1.165, 1.54) is 26.1 Å². The van der Waals surface area contributed by atoms with Gasteiger partial charge in [-0.3, -0.25) is 4.72 Å². The Balaban J connectivity index is 2.23. The molecule has 2 rings (SSSR count). The third-order valence-electron chi connectivity index (χ3n) is 3.03. The first-order valence-corrected chi connectivity index (χ1v) is 8.88. The summed E-state index contributed by atoms with van der Waals surface area (Å²) in [7, 11) is -3.41. The number of hydrogen-bond acceptors (Lipinski definition) is 7. The molecule has 1 aliphatic heterocycles. The Hall–Kier alpha value is -2.55. The summed E-state index contributed by atoms with van der Waals surface area (Å²) in [5, 5.41) is 2.80. The number of hydrogen-bond donors (Lipinski definition) is 2. The van der Waals surface area contributed by atoms with Gasteiger partial charge in [0.1, 0.15) is 0 Å². The van der Waals surface area contributed by atoms with E-state index in [4.69, 9.17) is 9.47 Å². The fourth-order valence-corrected chi connectivity index (χ4v) is 2.54. The van der Waals surface area contributed by atoms with Crippen molar-refractivity contribution in [1.82, 2.24) is 0 Å². The van der Waals surface area contributed by atoms with E-state index in [0.717, 1.165) is 11.8 Å². The lowest BCUT2D eigenvalue weighted by Crippen LogP contribution is -2.42. The van der Waals surface area contributed by atoms with Crippen molar-refractivity contribution in [3.05, 3.63) is 35.5 Å². The molecule has 1 aliphatic rings. The molecule has 0 unspecified atom stereocenters. The number of ether oxygens (including phenoxy) is 2. The molecule has 9 heteroatoms. The van der Waals surface area contributed by atoms with Gasteiger partial charge in [0.05, 0.1) is 11.9 Å². The van der Waals surface area contributed by atoms with Crippen LogP contribution in [0.3, 0.4) is 0 Å². The number of carbonyl (C=O) groups excluding carboxylic acids is 2. The molecule has 1 aromatic carbocycles. The summed E-state index contributed by atoms with van der Waals surface area (Å²) in [6.07, 6.45) is 2.21. The van der Waals surface area contributed by atoms with Gasteiger partial charge in [-0.05, 0) is 24.6 Å². The largest absolute Gasteiger partial charge is 0.419 e. The number of sulfonamides is 1. The summed E-state index contributed by atoms with van der Waals surface area (Å²) < 4.78 is 34.9. The minimum Gasteiger partial charge on any atom is -0.419 e. The molecule has 1 heterocycles. The lowest BCUT2D eigenvalue weighted by Gasteiger charge is -2.29. The summed E-state index contributed by atoms with van der Waals surface area (Å²) >= 11 is 0. The summed E-state index contributed by atoms with van der Waals surface area (Å²) in [6, 6.07) is 4.83. The average Bonchev–Trinajstić information content (AvgIpc) is 2.38. The SMILES string of the molecule is Cc1ccc(NS(C)(=O)=O)cc1NC=C1C(=O)OC(C)(C)OC1=O. The summed E-state index contributed by atoms with van der Waals surface area (Å²) in [5.74, 6) is -2.90.